The van der Waals surface area contributed by atoms with E-state index in [1.165, 1.54) is 144 Å². The number of benzene rings is 10. The molecule has 13 rings (SSSR count). The molecule has 5 amide bonds. The number of hydrogen-bond donors (Lipinski definition) is 5. The van der Waals surface area contributed by atoms with Crippen molar-refractivity contribution in [2.75, 3.05) is 61.5 Å². The summed E-state index contributed by atoms with van der Waals surface area (Å²) in [4.78, 5) is 60.0. The Labute approximate surface area is 742 Å². The van der Waals surface area contributed by atoms with E-state index in [2.05, 4.69) is 225 Å². The van der Waals surface area contributed by atoms with Crippen molar-refractivity contribution in [1.82, 2.24) is 26.6 Å². The predicted molar refractivity (Wildman–Crippen MR) is 495 cm³/mol. The zero-order valence-corrected chi connectivity index (χ0v) is 75.8. The van der Waals surface area contributed by atoms with Crippen LogP contribution in [0.2, 0.25) is 0 Å². The van der Waals surface area contributed by atoms with Gasteiger partial charge in [-0.05, 0) is 222 Å². The molecule has 0 aromatic heterocycles. The van der Waals surface area contributed by atoms with Crippen LogP contribution in [0, 0.1) is 41.0 Å². The Balaban J connectivity index is 0.000000167. The minimum atomic E-state index is -0.307. The highest BCUT2D eigenvalue weighted by Crippen LogP contribution is 2.42. The minimum Gasteiger partial charge on any atom is -0.355 e. The number of halogens is 8. The molecule has 5 N–H and O–H groups in total. The molecule has 3 aliphatic rings. The van der Waals surface area contributed by atoms with Crippen LogP contribution in [-0.4, -0.2) is 91.0 Å². The number of amides is 5. The highest BCUT2D eigenvalue weighted by atomic mass is 79.9. The standard InChI is InChI=1S/C19H19Br2NOS.C19H19F2NOS.C19H21F2NOS.C19H21NOS.C18H19Br2NOS/c2*20-16-7-3-14(4-8-16)19(15-5-9-17(21)10-6-15)24-12-18(23)22-11-13-1-2-13;1-2-3-12-22-18(23)13-24-19(14-4-8-16(20)9-5-14)15-6-10-17(21)11-7-15;21-18(20-13-15-11-12-15)14-22-19(16-7-3-1-4-8-16)17-9-5-2-6-10-17;1-2-11-21-17(22)12-23-18(13-3-7-15(19)8-4-13)14-5-9-16(20)10-6-14/h2*3-10,13,19H,1-2,11-12H2,(H,22,23);4-11,19H,2-3,12-13H2,1H3,(H,22,23);1-10,15,19H,11-14H2,(H,20,21);3-10,18H,2,11-12H2,1H3,(H,21,22). The monoisotopic (exact) mass is 1930 g/mol. The maximum atomic E-state index is 13.2. The Bertz CT molecular complexity index is 4270. The van der Waals surface area contributed by atoms with Crippen LogP contribution >= 0.6 is 123 Å². The van der Waals surface area contributed by atoms with Crippen LogP contribution in [0.1, 0.15) is 154 Å². The van der Waals surface area contributed by atoms with Crippen LogP contribution < -0.4 is 26.6 Å². The van der Waals surface area contributed by atoms with Crippen LogP contribution in [0.3, 0.4) is 0 Å². The molecular weight excluding hydrogens is 1840 g/mol. The average Bonchev–Trinajstić information content (AvgIpc) is 1.49. The van der Waals surface area contributed by atoms with Crippen LogP contribution in [0.15, 0.2) is 273 Å². The number of thioether (sulfide) groups is 5. The van der Waals surface area contributed by atoms with Gasteiger partial charge in [0.1, 0.15) is 23.3 Å². The lowest BCUT2D eigenvalue weighted by Gasteiger charge is -2.18. The zero-order chi connectivity index (χ0) is 83.1. The van der Waals surface area contributed by atoms with Crippen molar-refractivity contribution in [2.45, 2.75) is 97.9 Å². The van der Waals surface area contributed by atoms with Crippen molar-refractivity contribution in [3.05, 3.63) is 352 Å². The normalized spacial score (nSPS) is 12.7. The molecule has 0 unspecified atom stereocenters. The molecule has 10 aromatic rings. The van der Waals surface area contributed by atoms with Crippen LogP contribution in [-0.2, 0) is 24.0 Å². The van der Waals surface area contributed by atoms with Crippen LogP contribution in [0.25, 0.3) is 0 Å². The maximum absolute atomic E-state index is 13.2. The van der Waals surface area contributed by atoms with Crippen molar-refractivity contribution in [3.8, 4) is 0 Å². The first-order valence-electron chi connectivity index (χ1n) is 39.3. The first-order chi connectivity index (χ1) is 56.7. The fourth-order valence-electron chi connectivity index (χ4n) is 11.7. The molecule has 0 aliphatic heterocycles. The van der Waals surface area contributed by atoms with Gasteiger partial charge >= 0.3 is 0 Å². The van der Waals surface area contributed by atoms with Gasteiger partial charge in [0.2, 0.25) is 29.5 Å². The van der Waals surface area contributed by atoms with E-state index in [-0.39, 0.29) is 79.1 Å². The summed E-state index contributed by atoms with van der Waals surface area (Å²) in [5.41, 5.74) is 10.9. The van der Waals surface area contributed by atoms with Gasteiger partial charge in [-0.1, -0.05) is 242 Å². The molecule has 23 heteroatoms. The number of nitrogens with one attached hydrogen (secondary N) is 5. The number of carbonyl (C=O) groups is 5. The fourth-order valence-corrected chi connectivity index (χ4v) is 18.4. The molecule has 3 aliphatic carbocycles. The Morgan fingerprint density at radius 2 is 0.479 bits per heavy atom. The van der Waals surface area contributed by atoms with Gasteiger partial charge in [-0.3, -0.25) is 24.0 Å². The molecule has 3 saturated carbocycles. The third kappa shape index (κ3) is 35.7. The zero-order valence-electron chi connectivity index (χ0n) is 65.4. The Morgan fingerprint density at radius 3 is 0.684 bits per heavy atom. The van der Waals surface area contributed by atoms with Gasteiger partial charge in [-0.2, -0.15) is 0 Å². The van der Waals surface area contributed by atoms with Gasteiger partial charge in [0.05, 0.1) is 55.0 Å². The van der Waals surface area contributed by atoms with Crippen molar-refractivity contribution >= 4 is 152 Å². The highest BCUT2D eigenvalue weighted by Gasteiger charge is 2.27. The highest BCUT2D eigenvalue weighted by molar-refractivity contribution is 9.11. The lowest BCUT2D eigenvalue weighted by molar-refractivity contribution is -0.119. The number of rotatable bonds is 36. The third-order valence-electron chi connectivity index (χ3n) is 18.8. The van der Waals surface area contributed by atoms with Gasteiger partial charge in [-0.25, -0.2) is 17.6 Å². The molecular formula is C94H99Br4F4N5O5S5. The number of hydrogen-bond acceptors (Lipinski definition) is 10. The maximum Gasteiger partial charge on any atom is 0.230 e. The van der Waals surface area contributed by atoms with Gasteiger partial charge in [0.25, 0.3) is 0 Å². The lowest BCUT2D eigenvalue weighted by Crippen LogP contribution is -2.27. The summed E-state index contributed by atoms with van der Waals surface area (Å²) < 4.78 is 56.9. The topological polar surface area (TPSA) is 146 Å². The Morgan fingerprint density at radius 1 is 0.282 bits per heavy atom. The largest absolute Gasteiger partial charge is 0.355 e. The van der Waals surface area contributed by atoms with Crippen molar-refractivity contribution in [1.29, 1.82) is 0 Å². The average molecular weight is 1930 g/mol. The second kappa shape index (κ2) is 51.5. The van der Waals surface area contributed by atoms with E-state index in [0.29, 0.717) is 47.1 Å². The summed E-state index contributed by atoms with van der Waals surface area (Å²) in [6, 6.07) is 78.9. The van der Waals surface area contributed by atoms with E-state index in [1.807, 2.05) is 36.4 Å². The summed E-state index contributed by atoms with van der Waals surface area (Å²) in [5, 5.41) is 15.1. The molecule has 0 bridgehead atoms. The molecule has 0 radical (unpaired) electrons. The van der Waals surface area contributed by atoms with Crippen molar-refractivity contribution in [3.63, 3.8) is 0 Å². The molecule has 616 valence electrons. The second-order valence-corrected chi connectivity index (χ2v) is 37.6. The molecule has 10 nitrogen and oxygen atoms in total. The quantitative estimate of drug-likeness (QED) is 0.0190. The molecule has 117 heavy (non-hydrogen) atoms. The lowest BCUT2D eigenvalue weighted by atomic mass is 10.0. The summed E-state index contributed by atoms with van der Waals surface area (Å²) >= 11 is 21.9. The predicted octanol–water partition coefficient (Wildman–Crippen LogP) is 24.2. The van der Waals surface area contributed by atoms with E-state index in [4.69, 9.17) is 0 Å². The molecule has 10 aromatic carbocycles. The van der Waals surface area contributed by atoms with E-state index < -0.39 is 0 Å². The molecule has 3 fully saturated rings. The Kier molecular flexibility index (Phi) is 41.3. The van der Waals surface area contributed by atoms with E-state index in [1.54, 1.807) is 83.8 Å². The summed E-state index contributed by atoms with van der Waals surface area (Å²) in [5.74, 6) is 3.26. The van der Waals surface area contributed by atoms with Gasteiger partial charge in [0, 0.05) is 50.6 Å². The first kappa shape index (κ1) is 93.8. The number of carbonyl (C=O) groups excluding carboxylic acids is 5. The Hall–Kier alpha value is -7.06. The van der Waals surface area contributed by atoms with E-state index in [9.17, 15) is 41.5 Å². The first-order valence-corrected chi connectivity index (χ1v) is 47.7. The van der Waals surface area contributed by atoms with E-state index in [0.717, 1.165) is 91.5 Å². The SMILES string of the molecule is CCCCNC(=O)CSC(c1ccc(F)cc1)c1ccc(F)cc1.CCCNC(=O)CSC(c1ccc(Br)cc1)c1ccc(Br)cc1.O=C(CSC(c1ccc(Br)cc1)c1ccc(Br)cc1)NCC1CC1.O=C(CSC(c1ccc(F)cc1)c1ccc(F)cc1)NCC1CC1.O=C(CSC(c1ccccc1)c1ccccc1)NCC1CC1. The van der Waals surface area contributed by atoms with Crippen LogP contribution in [0.5, 0.6) is 0 Å². The second-order valence-electron chi connectivity index (χ2n) is 28.5. The number of unbranched alkanes of at least 4 members (excludes halogenated alkanes) is 1. The molecule has 0 atom stereocenters. The van der Waals surface area contributed by atoms with Gasteiger partial charge < -0.3 is 26.6 Å². The summed E-state index contributed by atoms with van der Waals surface area (Å²) in [6.45, 7) is 7.96. The van der Waals surface area contributed by atoms with Crippen LogP contribution in [0.4, 0.5) is 17.6 Å². The smallest absolute Gasteiger partial charge is 0.230 e. The van der Waals surface area contributed by atoms with Gasteiger partial charge in [-0.15, -0.1) is 58.8 Å². The summed E-state index contributed by atoms with van der Waals surface area (Å²) in [7, 11) is 0. The van der Waals surface area contributed by atoms with Crippen molar-refractivity contribution < 1.29 is 41.5 Å². The molecule has 0 heterocycles. The molecule has 0 spiro atoms. The van der Waals surface area contributed by atoms with E-state index >= 15 is 0 Å². The molecule has 0 saturated heterocycles. The summed E-state index contributed by atoms with van der Waals surface area (Å²) in [6.07, 6.45) is 10.4. The third-order valence-corrected chi connectivity index (χ3v) is 27.4. The fraction of sp³-hybridized carbons (Fsp3) is 0.309. The van der Waals surface area contributed by atoms with Crippen molar-refractivity contribution in [2.24, 2.45) is 17.8 Å². The minimum absolute atomic E-state index is 0.00104. The van der Waals surface area contributed by atoms with Gasteiger partial charge in [0.15, 0.2) is 0 Å².